The fraction of sp³-hybridized carbons (Fsp3) is 0.333. The molecule has 2 aliphatic heterocycles. The second kappa shape index (κ2) is 6.42. The van der Waals surface area contributed by atoms with Crippen molar-refractivity contribution in [1.29, 1.82) is 0 Å². The molecule has 2 aromatic rings. The number of halogens is 1. The zero-order valence-corrected chi connectivity index (χ0v) is 13.8. The zero-order valence-electron chi connectivity index (χ0n) is 13.0. The van der Waals surface area contributed by atoms with Crippen molar-refractivity contribution < 1.29 is 9.53 Å². The Hall–Kier alpha value is -2.11. The quantitative estimate of drug-likeness (QED) is 0.895. The summed E-state index contributed by atoms with van der Waals surface area (Å²) in [5.41, 5.74) is 0.629. The van der Waals surface area contributed by atoms with Crippen molar-refractivity contribution in [2.75, 3.05) is 0 Å². The number of fused-ring (bicyclic) bond motifs is 2. The molecule has 2 saturated heterocycles. The number of nitrogens with one attached hydrogen (secondary N) is 2. The van der Waals surface area contributed by atoms with Gasteiger partial charge in [0.2, 0.25) is 5.88 Å². The van der Waals surface area contributed by atoms with Crippen molar-refractivity contribution in [2.45, 2.75) is 37.4 Å². The monoisotopic (exact) mass is 343 g/mol. The van der Waals surface area contributed by atoms with E-state index in [4.69, 9.17) is 16.3 Å². The normalized spacial score (nSPS) is 24.8. The average molecular weight is 344 g/mol. The molecule has 1 aromatic carbocycles. The molecule has 6 heteroatoms. The number of hydrogen-bond acceptors (Lipinski definition) is 4. The Kier molecular flexibility index (Phi) is 4.12. The van der Waals surface area contributed by atoms with Crippen LogP contribution in [0.4, 0.5) is 0 Å². The van der Waals surface area contributed by atoms with Crippen molar-refractivity contribution in [3.8, 4) is 11.6 Å². The van der Waals surface area contributed by atoms with E-state index < -0.39 is 0 Å². The number of pyridine rings is 1. The number of hydrogen-bond donors (Lipinski definition) is 2. The minimum Gasteiger partial charge on any atom is -0.439 e. The van der Waals surface area contributed by atoms with Crippen LogP contribution in [0.2, 0.25) is 5.02 Å². The molecule has 1 amide bonds. The molecular weight excluding hydrogens is 326 g/mol. The average Bonchev–Trinajstić information content (AvgIpc) is 3.18. The molecule has 0 unspecified atom stereocenters. The lowest BCUT2D eigenvalue weighted by atomic mass is 9.95. The summed E-state index contributed by atoms with van der Waals surface area (Å²) < 4.78 is 5.63. The Balaban J connectivity index is 1.39. The van der Waals surface area contributed by atoms with Crippen LogP contribution in [0.15, 0.2) is 42.6 Å². The summed E-state index contributed by atoms with van der Waals surface area (Å²) in [7, 11) is 0. The number of amides is 1. The molecule has 5 nitrogen and oxygen atoms in total. The summed E-state index contributed by atoms with van der Waals surface area (Å²) in [6.45, 7) is 0. The van der Waals surface area contributed by atoms with E-state index in [2.05, 4.69) is 15.6 Å². The van der Waals surface area contributed by atoms with Gasteiger partial charge >= 0.3 is 0 Å². The van der Waals surface area contributed by atoms with Gasteiger partial charge in [-0.15, -0.1) is 0 Å². The molecule has 3 heterocycles. The van der Waals surface area contributed by atoms with Crippen LogP contribution in [0.3, 0.4) is 0 Å². The fourth-order valence-electron chi connectivity index (χ4n) is 3.47. The summed E-state index contributed by atoms with van der Waals surface area (Å²) in [4.78, 5) is 16.5. The number of carbonyl (C=O) groups excluding carboxylic acids is 1. The van der Waals surface area contributed by atoms with Crippen LogP contribution in [0.25, 0.3) is 0 Å². The lowest BCUT2D eigenvalue weighted by Crippen LogP contribution is -2.42. The van der Waals surface area contributed by atoms with Gasteiger partial charge < -0.3 is 15.4 Å². The van der Waals surface area contributed by atoms with E-state index in [1.807, 2.05) is 0 Å². The number of ether oxygens (including phenoxy) is 1. The smallest absolute Gasteiger partial charge is 0.251 e. The molecule has 2 fully saturated rings. The van der Waals surface area contributed by atoms with Gasteiger partial charge in [0, 0.05) is 41.0 Å². The summed E-state index contributed by atoms with van der Waals surface area (Å²) in [6.07, 6.45) is 4.98. The van der Waals surface area contributed by atoms with Gasteiger partial charge in [-0.1, -0.05) is 11.6 Å². The Bertz CT molecular complexity index is 750. The molecule has 2 aliphatic rings. The summed E-state index contributed by atoms with van der Waals surface area (Å²) in [5, 5.41) is 7.22. The summed E-state index contributed by atoms with van der Waals surface area (Å²) >= 11 is 5.91. The molecule has 124 valence electrons. The topological polar surface area (TPSA) is 63.2 Å². The molecule has 4 rings (SSSR count). The van der Waals surface area contributed by atoms with Crippen LogP contribution in [0.1, 0.15) is 29.6 Å². The molecule has 2 N–H and O–H groups in total. The van der Waals surface area contributed by atoms with Crippen molar-refractivity contribution in [3.05, 3.63) is 53.2 Å². The van der Waals surface area contributed by atoms with Gasteiger partial charge in [0.15, 0.2) is 0 Å². The first-order chi connectivity index (χ1) is 11.7. The molecule has 3 atom stereocenters. The number of benzene rings is 1. The van der Waals surface area contributed by atoms with Gasteiger partial charge in [0.05, 0.1) is 0 Å². The Labute approximate surface area is 145 Å². The summed E-state index contributed by atoms with van der Waals surface area (Å²) in [5.74, 6) is 0.998. The third-order valence-electron chi connectivity index (χ3n) is 4.65. The van der Waals surface area contributed by atoms with E-state index in [9.17, 15) is 4.79 Å². The fourth-order valence-corrected chi connectivity index (χ4v) is 3.62. The Morgan fingerprint density at radius 2 is 2.08 bits per heavy atom. The first-order valence-electron chi connectivity index (χ1n) is 8.14. The lowest BCUT2D eigenvalue weighted by Gasteiger charge is -2.21. The molecule has 2 bridgehead atoms. The summed E-state index contributed by atoms with van der Waals surface area (Å²) in [6, 6.07) is 11.6. The van der Waals surface area contributed by atoms with E-state index in [0.29, 0.717) is 34.3 Å². The van der Waals surface area contributed by atoms with Gasteiger partial charge in [-0.2, -0.15) is 0 Å². The van der Waals surface area contributed by atoms with E-state index in [1.165, 1.54) is 6.42 Å². The third kappa shape index (κ3) is 3.23. The number of aromatic nitrogens is 1. The highest BCUT2D eigenvalue weighted by molar-refractivity contribution is 6.30. The van der Waals surface area contributed by atoms with E-state index in [0.717, 1.165) is 12.8 Å². The van der Waals surface area contributed by atoms with E-state index >= 15 is 0 Å². The second-order valence-corrected chi connectivity index (χ2v) is 6.74. The van der Waals surface area contributed by atoms with Gasteiger partial charge in [-0.05, 0) is 49.6 Å². The van der Waals surface area contributed by atoms with Crippen LogP contribution in [-0.2, 0) is 0 Å². The van der Waals surface area contributed by atoms with Gasteiger partial charge in [0.1, 0.15) is 5.75 Å². The lowest BCUT2D eigenvalue weighted by molar-refractivity contribution is 0.0931. The van der Waals surface area contributed by atoms with Crippen LogP contribution in [0.5, 0.6) is 11.6 Å². The maximum absolute atomic E-state index is 12.4. The van der Waals surface area contributed by atoms with Crippen molar-refractivity contribution >= 4 is 17.5 Å². The van der Waals surface area contributed by atoms with E-state index in [1.54, 1.807) is 42.6 Å². The maximum Gasteiger partial charge on any atom is 0.251 e. The van der Waals surface area contributed by atoms with Crippen molar-refractivity contribution in [3.63, 3.8) is 0 Å². The van der Waals surface area contributed by atoms with Gasteiger partial charge in [-0.25, -0.2) is 4.98 Å². The molecule has 24 heavy (non-hydrogen) atoms. The number of nitrogens with zero attached hydrogens (tertiary/aromatic N) is 1. The largest absolute Gasteiger partial charge is 0.439 e. The van der Waals surface area contributed by atoms with Crippen molar-refractivity contribution in [1.82, 2.24) is 15.6 Å². The highest BCUT2D eigenvalue weighted by Gasteiger charge is 2.39. The molecule has 0 radical (unpaired) electrons. The molecule has 0 saturated carbocycles. The number of carbonyl (C=O) groups is 1. The van der Waals surface area contributed by atoms with Crippen LogP contribution >= 0.6 is 11.6 Å². The third-order valence-corrected chi connectivity index (χ3v) is 4.89. The van der Waals surface area contributed by atoms with E-state index in [-0.39, 0.29) is 11.9 Å². The minimum atomic E-state index is -0.0400. The second-order valence-electron chi connectivity index (χ2n) is 6.30. The predicted molar refractivity (Wildman–Crippen MR) is 91.6 cm³/mol. The molecular formula is C18H18ClN3O2. The Morgan fingerprint density at radius 1 is 1.25 bits per heavy atom. The Morgan fingerprint density at radius 3 is 2.75 bits per heavy atom. The first-order valence-corrected chi connectivity index (χ1v) is 8.51. The standard InChI is InChI=1S/C18H18ClN3O2/c19-12-7-8-20-17(9-12)24-14-4-1-11(2-5-14)18(23)22-16-10-13-3-6-15(16)21-13/h1-2,4-5,7-9,13,15-16,21H,3,6,10H2,(H,22,23)/t13-,15+,16-/m1/s1. The van der Waals surface area contributed by atoms with Crippen molar-refractivity contribution in [2.24, 2.45) is 0 Å². The highest BCUT2D eigenvalue weighted by atomic mass is 35.5. The van der Waals surface area contributed by atoms with Gasteiger partial charge in [0.25, 0.3) is 5.91 Å². The SMILES string of the molecule is O=C(N[C@@H]1C[C@H]2CC[C@@H]1N2)c1ccc(Oc2cc(Cl)ccn2)cc1. The molecule has 1 aromatic heterocycles. The van der Waals surface area contributed by atoms with Crippen LogP contribution in [0, 0.1) is 0 Å². The predicted octanol–water partition coefficient (Wildman–Crippen LogP) is 3.15. The number of rotatable bonds is 4. The maximum atomic E-state index is 12.4. The zero-order chi connectivity index (χ0) is 16.5. The van der Waals surface area contributed by atoms with Crippen LogP contribution < -0.4 is 15.4 Å². The van der Waals surface area contributed by atoms with Gasteiger partial charge in [-0.3, -0.25) is 4.79 Å². The first kappa shape index (κ1) is 15.4. The highest BCUT2D eigenvalue weighted by Crippen LogP contribution is 2.28. The van der Waals surface area contributed by atoms with Crippen LogP contribution in [-0.4, -0.2) is 29.0 Å². The minimum absolute atomic E-state index is 0.0400. The molecule has 0 aliphatic carbocycles. The molecule has 0 spiro atoms.